The summed E-state index contributed by atoms with van der Waals surface area (Å²) in [6, 6.07) is 3.83. The van der Waals surface area contributed by atoms with E-state index in [1.54, 1.807) is 12.4 Å². The van der Waals surface area contributed by atoms with Crippen LogP contribution in [0.2, 0.25) is 0 Å². The van der Waals surface area contributed by atoms with Crippen molar-refractivity contribution in [2.24, 2.45) is 11.3 Å². The Balaban J connectivity index is 1.32. The van der Waals surface area contributed by atoms with Crippen molar-refractivity contribution in [1.29, 1.82) is 0 Å². The smallest absolute Gasteiger partial charge is 0.227 e. The van der Waals surface area contributed by atoms with E-state index in [2.05, 4.69) is 4.98 Å². The number of nitrogens with zero attached hydrogens (tertiary/aromatic N) is 3. The van der Waals surface area contributed by atoms with E-state index in [4.69, 9.17) is 4.74 Å². The quantitative estimate of drug-likeness (QED) is 0.828. The Morgan fingerprint density at radius 1 is 1.15 bits per heavy atom. The largest absolute Gasteiger partial charge is 0.381 e. The van der Waals surface area contributed by atoms with Crippen LogP contribution < -0.4 is 0 Å². The van der Waals surface area contributed by atoms with Crippen LogP contribution in [0.25, 0.3) is 0 Å². The van der Waals surface area contributed by atoms with Crippen molar-refractivity contribution >= 4 is 11.8 Å². The molecule has 26 heavy (non-hydrogen) atoms. The van der Waals surface area contributed by atoms with E-state index < -0.39 is 0 Å². The molecule has 1 spiro atoms. The molecule has 6 nitrogen and oxygen atoms in total. The van der Waals surface area contributed by atoms with E-state index in [0.29, 0.717) is 24.9 Å². The molecular formula is C20H27N3O3. The van der Waals surface area contributed by atoms with E-state index in [0.717, 1.165) is 57.6 Å². The van der Waals surface area contributed by atoms with Gasteiger partial charge in [-0.15, -0.1) is 0 Å². The first kappa shape index (κ1) is 17.5. The van der Waals surface area contributed by atoms with E-state index in [1.807, 2.05) is 21.9 Å². The van der Waals surface area contributed by atoms with Crippen molar-refractivity contribution in [3.63, 3.8) is 0 Å². The van der Waals surface area contributed by atoms with Crippen molar-refractivity contribution in [2.45, 2.75) is 38.6 Å². The minimum atomic E-state index is -0.187. The summed E-state index contributed by atoms with van der Waals surface area (Å²) in [6.45, 7) is 4.47. The van der Waals surface area contributed by atoms with Crippen LogP contribution in [-0.4, -0.2) is 59.4 Å². The van der Waals surface area contributed by atoms with Gasteiger partial charge in [0.25, 0.3) is 0 Å². The molecule has 0 aliphatic carbocycles. The van der Waals surface area contributed by atoms with E-state index in [1.165, 1.54) is 0 Å². The molecule has 1 unspecified atom stereocenters. The van der Waals surface area contributed by atoms with Crippen LogP contribution in [0, 0.1) is 11.3 Å². The number of amides is 2. The first-order valence-corrected chi connectivity index (χ1v) is 9.68. The monoisotopic (exact) mass is 357 g/mol. The van der Waals surface area contributed by atoms with E-state index >= 15 is 0 Å². The second-order valence-electron chi connectivity index (χ2n) is 7.97. The number of carbonyl (C=O) groups is 2. The highest BCUT2D eigenvalue weighted by Gasteiger charge is 2.41. The summed E-state index contributed by atoms with van der Waals surface area (Å²) >= 11 is 0. The Bertz CT molecular complexity index is 648. The van der Waals surface area contributed by atoms with Crippen molar-refractivity contribution in [3.8, 4) is 0 Å². The van der Waals surface area contributed by atoms with Gasteiger partial charge in [0.1, 0.15) is 0 Å². The molecule has 3 aliphatic heterocycles. The van der Waals surface area contributed by atoms with E-state index in [-0.39, 0.29) is 17.7 Å². The average molecular weight is 357 g/mol. The molecule has 3 fully saturated rings. The number of carbonyl (C=O) groups excluding carboxylic acids is 2. The van der Waals surface area contributed by atoms with Crippen LogP contribution in [0.5, 0.6) is 0 Å². The fraction of sp³-hybridized carbons (Fsp3) is 0.650. The third kappa shape index (κ3) is 3.61. The lowest BCUT2D eigenvalue weighted by Gasteiger charge is -2.44. The number of piperidine rings is 1. The molecule has 0 N–H and O–H groups in total. The Kier molecular flexibility index (Phi) is 4.94. The molecular weight excluding hydrogens is 330 g/mol. The molecule has 0 bridgehead atoms. The molecule has 2 amide bonds. The summed E-state index contributed by atoms with van der Waals surface area (Å²) < 4.78 is 5.50. The molecule has 140 valence electrons. The number of aromatic nitrogens is 1. The lowest BCUT2D eigenvalue weighted by atomic mass is 9.72. The van der Waals surface area contributed by atoms with Gasteiger partial charge in [0.2, 0.25) is 11.8 Å². The fourth-order valence-electron chi connectivity index (χ4n) is 4.56. The minimum Gasteiger partial charge on any atom is -0.381 e. The van der Waals surface area contributed by atoms with Crippen LogP contribution in [-0.2, 0) is 20.9 Å². The lowest BCUT2D eigenvalue weighted by molar-refractivity contribution is -0.139. The van der Waals surface area contributed by atoms with Crippen LogP contribution in [0.4, 0.5) is 0 Å². The third-order valence-electron chi connectivity index (χ3n) is 6.38. The summed E-state index contributed by atoms with van der Waals surface area (Å²) in [5, 5.41) is 0. The van der Waals surface area contributed by atoms with Gasteiger partial charge in [0, 0.05) is 58.2 Å². The highest BCUT2D eigenvalue weighted by molar-refractivity contribution is 5.89. The van der Waals surface area contributed by atoms with Gasteiger partial charge in [0.15, 0.2) is 0 Å². The second kappa shape index (κ2) is 7.35. The minimum absolute atomic E-state index is 0.0815. The van der Waals surface area contributed by atoms with Crippen molar-refractivity contribution < 1.29 is 14.3 Å². The SMILES string of the molecule is O=C1CC(C(=O)N2CCC3(CCOCC3)CC2)CN1Cc1ccncc1. The van der Waals surface area contributed by atoms with Gasteiger partial charge in [-0.05, 0) is 48.8 Å². The molecule has 0 saturated carbocycles. The molecule has 0 aromatic carbocycles. The molecule has 1 aromatic rings. The zero-order chi connectivity index (χ0) is 18.0. The average Bonchev–Trinajstić information content (AvgIpc) is 3.04. The molecule has 1 aromatic heterocycles. The van der Waals surface area contributed by atoms with Gasteiger partial charge in [-0.2, -0.15) is 0 Å². The van der Waals surface area contributed by atoms with Gasteiger partial charge >= 0.3 is 0 Å². The molecule has 4 heterocycles. The molecule has 6 heteroatoms. The maximum atomic E-state index is 12.9. The van der Waals surface area contributed by atoms with Crippen LogP contribution in [0.1, 0.15) is 37.7 Å². The van der Waals surface area contributed by atoms with Gasteiger partial charge in [-0.3, -0.25) is 14.6 Å². The summed E-state index contributed by atoms with van der Waals surface area (Å²) in [5.41, 5.74) is 1.44. The maximum Gasteiger partial charge on any atom is 0.227 e. The topological polar surface area (TPSA) is 62.7 Å². The predicted molar refractivity (Wildman–Crippen MR) is 96.1 cm³/mol. The van der Waals surface area contributed by atoms with Crippen molar-refractivity contribution in [3.05, 3.63) is 30.1 Å². The van der Waals surface area contributed by atoms with Crippen molar-refractivity contribution in [2.75, 3.05) is 32.8 Å². The van der Waals surface area contributed by atoms with E-state index in [9.17, 15) is 9.59 Å². The number of rotatable bonds is 3. The van der Waals surface area contributed by atoms with Crippen molar-refractivity contribution in [1.82, 2.24) is 14.8 Å². The first-order chi connectivity index (χ1) is 12.7. The predicted octanol–water partition coefficient (Wildman–Crippen LogP) is 1.85. The summed E-state index contributed by atoms with van der Waals surface area (Å²) in [6.07, 6.45) is 8.20. The normalized spacial score (nSPS) is 25.7. The standard InChI is InChI=1S/C20H27N3O3/c24-18-13-17(15-23(18)14-16-1-7-21-8-2-16)19(25)22-9-3-20(4-10-22)5-11-26-12-6-20/h1-2,7-8,17H,3-6,9-15H2. The van der Waals surface area contributed by atoms with Gasteiger partial charge in [0.05, 0.1) is 5.92 Å². The molecule has 4 rings (SSSR count). The molecule has 1 atom stereocenters. The number of pyridine rings is 1. The molecule has 3 saturated heterocycles. The Morgan fingerprint density at radius 3 is 2.54 bits per heavy atom. The van der Waals surface area contributed by atoms with Gasteiger partial charge in [-0.1, -0.05) is 0 Å². The first-order valence-electron chi connectivity index (χ1n) is 9.68. The zero-order valence-electron chi connectivity index (χ0n) is 15.2. The summed E-state index contributed by atoms with van der Waals surface area (Å²) in [5.74, 6) is 0.0589. The number of likely N-dealkylation sites (tertiary alicyclic amines) is 2. The molecule has 3 aliphatic rings. The summed E-state index contributed by atoms with van der Waals surface area (Å²) in [4.78, 5) is 33.1. The fourth-order valence-corrected chi connectivity index (χ4v) is 4.56. The van der Waals surface area contributed by atoms with Crippen LogP contribution in [0.3, 0.4) is 0 Å². The van der Waals surface area contributed by atoms with Gasteiger partial charge in [-0.25, -0.2) is 0 Å². The third-order valence-corrected chi connectivity index (χ3v) is 6.38. The Hall–Kier alpha value is -1.95. The number of hydrogen-bond donors (Lipinski definition) is 0. The molecule has 0 radical (unpaired) electrons. The maximum absolute atomic E-state index is 12.9. The van der Waals surface area contributed by atoms with Crippen LogP contribution in [0.15, 0.2) is 24.5 Å². The Morgan fingerprint density at radius 2 is 1.85 bits per heavy atom. The van der Waals surface area contributed by atoms with Gasteiger partial charge < -0.3 is 14.5 Å². The zero-order valence-corrected chi connectivity index (χ0v) is 15.2. The number of hydrogen-bond acceptors (Lipinski definition) is 4. The summed E-state index contributed by atoms with van der Waals surface area (Å²) in [7, 11) is 0. The highest BCUT2D eigenvalue weighted by atomic mass is 16.5. The lowest BCUT2D eigenvalue weighted by Crippen LogP contribution is -2.47. The second-order valence-corrected chi connectivity index (χ2v) is 7.97. The Labute approximate surface area is 154 Å². The highest BCUT2D eigenvalue weighted by Crippen LogP contribution is 2.41. The van der Waals surface area contributed by atoms with Crippen LogP contribution >= 0.6 is 0 Å². The number of ether oxygens (including phenoxy) is 1.